The molecule has 0 aliphatic carbocycles. The molecule has 3 aromatic rings. The van der Waals surface area contributed by atoms with E-state index < -0.39 is 0 Å². The lowest BCUT2D eigenvalue weighted by molar-refractivity contribution is -0.0484. The van der Waals surface area contributed by atoms with Crippen LogP contribution in [0.25, 0.3) is 10.9 Å². The van der Waals surface area contributed by atoms with Crippen molar-refractivity contribution in [2.75, 3.05) is 45.3 Å². The number of fused-ring (bicyclic) bond motifs is 1. The van der Waals surface area contributed by atoms with Gasteiger partial charge in [-0.15, -0.1) is 0 Å². The Labute approximate surface area is 210 Å². The maximum absolute atomic E-state index is 6.15. The Kier molecular flexibility index (Phi) is 8.67. The molecular formula is C25H30Cl2N4O3. The van der Waals surface area contributed by atoms with Crippen molar-refractivity contribution in [1.82, 2.24) is 14.9 Å². The molecule has 1 N–H and O–H groups in total. The average Bonchev–Trinajstić information content (AvgIpc) is 2.85. The standard InChI is InChI=1S/C25H30Cl2N4O3/c1-3-4-5-8-31-9-10-33-19(15-31)16-34-24-13-22-17(11-23(24)32-2)14-28-25(30-22)29-18-6-7-20(26)21(27)12-18/h6-7,11-14,19H,3-5,8-10,15-16H2,1-2H3,(H,28,29,30). The fourth-order valence-electron chi connectivity index (χ4n) is 3.93. The zero-order valence-electron chi connectivity index (χ0n) is 19.5. The zero-order chi connectivity index (χ0) is 23.9. The molecule has 1 unspecified atom stereocenters. The molecule has 1 aliphatic rings. The maximum atomic E-state index is 6.15. The molecule has 0 saturated carbocycles. The Bertz CT molecular complexity index is 1110. The molecule has 1 saturated heterocycles. The number of anilines is 2. The maximum Gasteiger partial charge on any atom is 0.227 e. The summed E-state index contributed by atoms with van der Waals surface area (Å²) in [4.78, 5) is 11.5. The Hall–Kier alpha value is -2.32. The third kappa shape index (κ3) is 6.42. The van der Waals surface area contributed by atoms with E-state index in [1.54, 1.807) is 25.4 Å². The number of aromatic nitrogens is 2. The lowest BCUT2D eigenvalue weighted by Crippen LogP contribution is -2.45. The monoisotopic (exact) mass is 504 g/mol. The highest BCUT2D eigenvalue weighted by Gasteiger charge is 2.21. The van der Waals surface area contributed by atoms with E-state index >= 15 is 0 Å². The predicted octanol–water partition coefficient (Wildman–Crippen LogP) is 5.96. The van der Waals surface area contributed by atoms with Gasteiger partial charge in [-0.2, -0.15) is 0 Å². The van der Waals surface area contributed by atoms with Gasteiger partial charge in [-0.1, -0.05) is 43.0 Å². The van der Waals surface area contributed by atoms with E-state index in [9.17, 15) is 0 Å². The number of rotatable bonds is 10. The second kappa shape index (κ2) is 11.9. The summed E-state index contributed by atoms with van der Waals surface area (Å²) in [6.07, 6.45) is 5.48. The van der Waals surface area contributed by atoms with Gasteiger partial charge in [0.15, 0.2) is 11.5 Å². The normalized spacial score (nSPS) is 16.5. The van der Waals surface area contributed by atoms with Crippen molar-refractivity contribution in [2.24, 2.45) is 0 Å². The third-order valence-electron chi connectivity index (χ3n) is 5.77. The molecule has 2 heterocycles. The molecule has 34 heavy (non-hydrogen) atoms. The van der Waals surface area contributed by atoms with Gasteiger partial charge in [0.1, 0.15) is 12.7 Å². The van der Waals surface area contributed by atoms with Crippen molar-refractivity contribution in [1.29, 1.82) is 0 Å². The Morgan fingerprint density at radius 3 is 2.82 bits per heavy atom. The quantitative estimate of drug-likeness (QED) is 0.341. The van der Waals surface area contributed by atoms with E-state index in [1.165, 1.54) is 19.3 Å². The van der Waals surface area contributed by atoms with Crippen LogP contribution in [0.15, 0.2) is 36.5 Å². The summed E-state index contributed by atoms with van der Waals surface area (Å²) in [7, 11) is 1.63. The highest BCUT2D eigenvalue weighted by molar-refractivity contribution is 6.42. The molecular weight excluding hydrogens is 475 g/mol. The van der Waals surface area contributed by atoms with Crippen LogP contribution in [-0.2, 0) is 4.74 Å². The number of methoxy groups -OCH3 is 1. The number of morpholine rings is 1. The number of halogens is 2. The largest absolute Gasteiger partial charge is 0.493 e. The number of nitrogens with one attached hydrogen (secondary N) is 1. The number of benzene rings is 2. The lowest BCUT2D eigenvalue weighted by Gasteiger charge is -2.32. The summed E-state index contributed by atoms with van der Waals surface area (Å²) >= 11 is 12.1. The van der Waals surface area contributed by atoms with Crippen LogP contribution in [0.2, 0.25) is 10.0 Å². The number of nitrogens with zero attached hydrogens (tertiary/aromatic N) is 3. The van der Waals surface area contributed by atoms with Crippen LogP contribution in [0, 0.1) is 0 Å². The number of ether oxygens (including phenoxy) is 3. The van der Waals surface area contributed by atoms with E-state index in [-0.39, 0.29) is 6.10 Å². The molecule has 0 amide bonds. The Morgan fingerprint density at radius 1 is 1.15 bits per heavy atom. The van der Waals surface area contributed by atoms with Gasteiger partial charge in [-0.25, -0.2) is 9.97 Å². The van der Waals surface area contributed by atoms with Gasteiger partial charge in [-0.05, 0) is 37.2 Å². The summed E-state index contributed by atoms with van der Waals surface area (Å²) in [5.74, 6) is 1.71. The van der Waals surface area contributed by atoms with E-state index in [4.69, 9.17) is 37.4 Å². The minimum Gasteiger partial charge on any atom is -0.493 e. The topological polar surface area (TPSA) is 68.7 Å². The first kappa shape index (κ1) is 24.8. The van der Waals surface area contributed by atoms with E-state index in [0.717, 1.165) is 42.8 Å². The van der Waals surface area contributed by atoms with Crippen LogP contribution in [0.1, 0.15) is 26.2 Å². The van der Waals surface area contributed by atoms with Gasteiger partial charge >= 0.3 is 0 Å². The number of hydrogen-bond donors (Lipinski definition) is 1. The first-order valence-corrected chi connectivity index (χ1v) is 12.3. The summed E-state index contributed by atoms with van der Waals surface area (Å²) in [5, 5.41) is 4.96. The van der Waals surface area contributed by atoms with Gasteiger partial charge in [0.05, 0.1) is 29.3 Å². The summed E-state index contributed by atoms with van der Waals surface area (Å²) in [6.45, 7) is 6.37. The van der Waals surface area contributed by atoms with Crippen molar-refractivity contribution in [2.45, 2.75) is 32.3 Å². The fourth-order valence-corrected chi connectivity index (χ4v) is 4.22. The molecule has 1 atom stereocenters. The van der Waals surface area contributed by atoms with Gasteiger partial charge in [0.25, 0.3) is 0 Å². The van der Waals surface area contributed by atoms with Crippen molar-refractivity contribution >= 4 is 45.7 Å². The van der Waals surface area contributed by atoms with Gasteiger partial charge in [-0.3, -0.25) is 4.90 Å². The molecule has 7 nitrogen and oxygen atoms in total. The van der Waals surface area contributed by atoms with Crippen molar-refractivity contribution in [3.8, 4) is 11.5 Å². The van der Waals surface area contributed by atoms with Crippen molar-refractivity contribution in [3.05, 3.63) is 46.6 Å². The molecule has 1 fully saturated rings. The van der Waals surface area contributed by atoms with Crippen LogP contribution in [0.5, 0.6) is 11.5 Å². The Morgan fingerprint density at radius 2 is 2.03 bits per heavy atom. The summed E-state index contributed by atoms with van der Waals surface area (Å²) in [5.41, 5.74) is 1.48. The molecule has 9 heteroatoms. The molecule has 0 bridgehead atoms. The minimum atomic E-state index is 0.0214. The van der Waals surface area contributed by atoms with Crippen LogP contribution in [-0.4, -0.2) is 60.9 Å². The molecule has 182 valence electrons. The molecule has 4 rings (SSSR count). The SMILES string of the molecule is CCCCCN1CCOC(COc2cc3nc(Nc4ccc(Cl)c(Cl)c4)ncc3cc2OC)C1. The average molecular weight is 505 g/mol. The summed E-state index contributed by atoms with van der Waals surface area (Å²) < 4.78 is 17.6. The highest BCUT2D eigenvalue weighted by atomic mass is 35.5. The van der Waals surface area contributed by atoms with Crippen molar-refractivity contribution in [3.63, 3.8) is 0 Å². The summed E-state index contributed by atoms with van der Waals surface area (Å²) in [6, 6.07) is 9.03. The molecule has 0 radical (unpaired) electrons. The van der Waals surface area contributed by atoms with Gasteiger partial charge in [0, 0.05) is 36.4 Å². The van der Waals surface area contributed by atoms with Crippen molar-refractivity contribution < 1.29 is 14.2 Å². The van der Waals surface area contributed by atoms with E-state index in [1.807, 2.05) is 18.2 Å². The van der Waals surface area contributed by atoms with Crippen LogP contribution < -0.4 is 14.8 Å². The predicted molar refractivity (Wildman–Crippen MR) is 137 cm³/mol. The Balaban J connectivity index is 1.45. The van der Waals surface area contributed by atoms with Crippen LogP contribution in [0.3, 0.4) is 0 Å². The molecule has 2 aromatic carbocycles. The second-order valence-electron chi connectivity index (χ2n) is 8.32. The third-order valence-corrected chi connectivity index (χ3v) is 6.51. The lowest BCUT2D eigenvalue weighted by atomic mass is 10.2. The first-order chi connectivity index (χ1) is 16.6. The molecule has 1 aromatic heterocycles. The van der Waals surface area contributed by atoms with Gasteiger partial charge < -0.3 is 19.5 Å². The minimum absolute atomic E-state index is 0.0214. The zero-order valence-corrected chi connectivity index (χ0v) is 21.0. The number of hydrogen-bond acceptors (Lipinski definition) is 7. The van der Waals surface area contributed by atoms with Crippen LogP contribution >= 0.6 is 23.2 Å². The smallest absolute Gasteiger partial charge is 0.227 e. The van der Waals surface area contributed by atoms with E-state index in [0.29, 0.717) is 34.1 Å². The van der Waals surface area contributed by atoms with Crippen LogP contribution in [0.4, 0.5) is 11.6 Å². The van der Waals surface area contributed by atoms with Gasteiger partial charge in [0.2, 0.25) is 5.95 Å². The molecule has 1 aliphatic heterocycles. The van der Waals surface area contributed by atoms with E-state index in [2.05, 4.69) is 27.1 Å². The second-order valence-corrected chi connectivity index (χ2v) is 9.14. The first-order valence-electron chi connectivity index (χ1n) is 11.6. The molecule has 0 spiro atoms. The number of unbranched alkanes of at least 4 members (excludes halogenated alkanes) is 2. The highest BCUT2D eigenvalue weighted by Crippen LogP contribution is 2.33. The fraction of sp³-hybridized carbons (Fsp3) is 0.440.